The van der Waals surface area contributed by atoms with E-state index in [1.807, 2.05) is 0 Å². The number of halogens is 1. The summed E-state index contributed by atoms with van der Waals surface area (Å²) in [6.45, 7) is 6.63. The normalized spacial score (nSPS) is 21.9. The van der Waals surface area contributed by atoms with Crippen molar-refractivity contribution in [3.8, 4) is 0 Å². The average Bonchev–Trinajstić information content (AvgIpc) is 3.25. The van der Waals surface area contributed by atoms with Crippen LogP contribution >= 0.6 is 11.3 Å². The number of carbonyl (C=O) groups is 2. The molecule has 2 aromatic rings. The van der Waals surface area contributed by atoms with Gasteiger partial charge >= 0.3 is 0 Å². The molecule has 1 aromatic heterocycles. The number of thiophene rings is 1. The molecule has 0 radical (unpaired) electrons. The van der Waals surface area contributed by atoms with E-state index in [-0.39, 0.29) is 22.8 Å². The van der Waals surface area contributed by atoms with E-state index in [4.69, 9.17) is 0 Å². The summed E-state index contributed by atoms with van der Waals surface area (Å²) in [4.78, 5) is 27.2. The first-order valence-electron chi connectivity index (χ1n) is 11.2. The maximum Gasteiger partial charge on any atom is 0.256 e. The molecule has 1 fully saturated rings. The minimum absolute atomic E-state index is 0.0611. The standard InChI is InChI=1S/C24H29FN2O4S2/c1-24(2,3)15-6-9-18-19(12-15)32-23(27-21(28)14-4-7-16(25)8-5-14)20(18)22(29)26-17-10-11-33(30,31)13-17/h4-5,7-8,15,17H,6,9-13H2,1-3H3,(H,26,29)(H,27,28). The van der Waals surface area contributed by atoms with Gasteiger partial charge in [-0.3, -0.25) is 9.59 Å². The lowest BCUT2D eigenvalue weighted by molar-refractivity contribution is 0.0941. The monoisotopic (exact) mass is 492 g/mol. The van der Waals surface area contributed by atoms with E-state index in [0.717, 1.165) is 29.7 Å². The first-order chi connectivity index (χ1) is 15.4. The number of benzene rings is 1. The van der Waals surface area contributed by atoms with Gasteiger partial charge in [0.1, 0.15) is 10.8 Å². The second-order valence-electron chi connectivity index (χ2n) is 10.0. The molecular weight excluding hydrogens is 463 g/mol. The van der Waals surface area contributed by atoms with E-state index in [9.17, 15) is 22.4 Å². The molecule has 178 valence electrons. The number of hydrogen-bond acceptors (Lipinski definition) is 5. The molecule has 0 spiro atoms. The van der Waals surface area contributed by atoms with Crippen molar-refractivity contribution in [3.05, 3.63) is 51.7 Å². The lowest BCUT2D eigenvalue weighted by atomic mass is 9.72. The summed E-state index contributed by atoms with van der Waals surface area (Å²) in [6, 6.07) is 4.81. The van der Waals surface area contributed by atoms with Crippen molar-refractivity contribution in [2.75, 3.05) is 16.8 Å². The zero-order valence-electron chi connectivity index (χ0n) is 19.0. The molecule has 2 N–H and O–H groups in total. The number of anilines is 1. The fraction of sp³-hybridized carbons (Fsp3) is 0.500. The molecule has 6 nitrogen and oxygen atoms in total. The Bertz CT molecular complexity index is 1180. The molecule has 2 aliphatic rings. The van der Waals surface area contributed by atoms with Crippen LogP contribution < -0.4 is 10.6 Å². The molecule has 9 heteroatoms. The predicted molar refractivity (Wildman–Crippen MR) is 128 cm³/mol. The second-order valence-corrected chi connectivity index (χ2v) is 13.4. The maximum atomic E-state index is 13.3. The highest BCUT2D eigenvalue weighted by Crippen LogP contribution is 2.44. The van der Waals surface area contributed by atoms with Crippen LogP contribution in [0.15, 0.2) is 24.3 Å². The number of hydrogen-bond donors (Lipinski definition) is 2. The van der Waals surface area contributed by atoms with Gasteiger partial charge in [0.25, 0.3) is 11.8 Å². The Morgan fingerprint density at radius 2 is 1.79 bits per heavy atom. The lowest BCUT2D eigenvalue weighted by Gasteiger charge is -2.33. The lowest BCUT2D eigenvalue weighted by Crippen LogP contribution is -2.36. The predicted octanol–water partition coefficient (Wildman–Crippen LogP) is 4.21. The van der Waals surface area contributed by atoms with E-state index in [0.29, 0.717) is 28.5 Å². The van der Waals surface area contributed by atoms with Crippen LogP contribution in [-0.4, -0.2) is 37.8 Å². The molecule has 2 atom stereocenters. The van der Waals surface area contributed by atoms with Crippen LogP contribution in [-0.2, 0) is 22.7 Å². The highest BCUT2D eigenvalue weighted by atomic mass is 32.2. The van der Waals surface area contributed by atoms with E-state index in [1.165, 1.54) is 35.6 Å². The minimum atomic E-state index is -3.13. The van der Waals surface area contributed by atoms with Gasteiger partial charge in [0.2, 0.25) is 0 Å². The number of carbonyl (C=O) groups excluding carboxylic acids is 2. The molecule has 1 aliphatic heterocycles. The molecule has 4 rings (SSSR count). The summed E-state index contributed by atoms with van der Waals surface area (Å²) in [7, 11) is -3.13. The Kier molecular flexibility index (Phi) is 6.39. The molecule has 2 amide bonds. The molecule has 0 bridgehead atoms. The molecule has 0 saturated carbocycles. The fourth-order valence-electron chi connectivity index (χ4n) is 4.60. The number of amides is 2. The summed E-state index contributed by atoms with van der Waals surface area (Å²) < 4.78 is 36.9. The van der Waals surface area contributed by atoms with E-state index in [2.05, 4.69) is 31.4 Å². The van der Waals surface area contributed by atoms with Crippen molar-refractivity contribution in [3.63, 3.8) is 0 Å². The van der Waals surface area contributed by atoms with Crippen molar-refractivity contribution >= 4 is 38.0 Å². The summed E-state index contributed by atoms with van der Waals surface area (Å²) >= 11 is 1.41. The molecule has 1 aliphatic carbocycles. The van der Waals surface area contributed by atoms with Crippen LogP contribution in [0.2, 0.25) is 0 Å². The number of fused-ring (bicyclic) bond motifs is 1. The highest BCUT2D eigenvalue weighted by molar-refractivity contribution is 7.91. The van der Waals surface area contributed by atoms with Gasteiger partial charge in [0.05, 0.1) is 17.1 Å². The highest BCUT2D eigenvalue weighted by Gasteiger charge is 2.36. The molecule has 2 unspecified atom stereocenters. The third kappa shape index (κ3) is 5.30. The Morgan fingerprint density at radius 3 is 2.39 bits per heavy atom. The summed E-state index contributed by atoms with van der Waals surface area (Å²) in [5, 5.41) is 6.19. The zero-order chi connectivity index (χ0) is 24.0. The van der Waals surface area contributed by atoms with Crippen molar-refractivity contribution in [2.45, 2.75) is 52.5 Å². The largest absolute Gasteiger partial charge is 0.348 e. The van der Waals surface area contributed by atoms with E-state index < -0.39 is 27.6 Å². The quantitative estimate of drug-likeness (QED) is 0.669. The van der Waals surface area contributed by atoms with Crippen molar-refractivity contribution in [1.82, 2.24) is 5.32 Å². The molecule has 1 aromatic carbocycles. The summed E-state index contributed by atoms with van der Waals surface area (Å²) in [5.41, 5.74) is 1.79. The summed E-state index contributed by atoms with van der Waals surface area (Å²) in [6.07, 6.45) is 2.89. The third-order valence-electron chi connectivity index (χ3n) is 6.62. The van der Waals surface area contributed by atoms with Crippen LogP contribution in [0.5, 0.6) is 0 Å². The fourth-order valence-corrected chi connectivity index (χ4v) is 7.59. The van der Waals surface area contributed by atoms with Gasteiger partial charge in [-0.2, -0.15) is 0 Å². The number of sulfone groups is 1. The maximum absolute atomic E-state index is 13.3. The van der Waals surface area contributed by atoms with Gasteiger partial charge in [-0.05, 0) is 66.8 Å². The third-order valence-corrected chi connectivity index (χ3v) is 9.56. The molecule has 33 heavy (non-hydrogen) atoms. The van der Waals surface area contributed by atoms with Gasteiger partial charge < -0.3 is 10.6 Å². The minimum Gasteiger partial charge on any atom is -0.348 e. The number of rotatable bonds is 4. The van der Waals surface area contributed by atoms with E-state index >= 15 is 0 Å². The van der Waals surface area contributed by atoms with Crippen molar-refractivity contribution in [2.24, 2.45) is 11.3 Å². The van der Waals surface area contributed by atoms with E-state index in [1.54, 1.807) is 0 Å². The van der Waals surface area contributed by atoms with Crippen LogP contribution in [0.25, 0.3) is 0 Å². The molecule has 2 heterocycles. The Balaban J connectivity index is 1.64. The van der Waals surface area contributed by atoms with Gasteiger partial charge in [-0.1, -0.05) is 20.8 Å². The van der Waals surface area contributed by atoms with Gasteiger partial charge in [-0.15, -0.1) is 11.3 Å². The van der Waals surface area contributed by atoms with Crippen molar-refractivity contribution < 1.29 is 22.4 Å². The van der Waals surface area contributed by atoms with Crippen LogP contribution in [0.3, 0.4) is 0 Å². The SMILES string of the molecule is CC(C)(C)C1CCc2c(sc(NC(=O)c3ccc(F)cc3)c2C(=O)NC2CCS(=O)(=O)C2)C1. The Labute approximate surface area is 197 Å². The smallest absolute Gasteiger partial charge is 0.256 e. The zero-order valence-corrected chi connectivity index (χ0v) is 20.7. The second kappa shape index (κ2) is 8.83. The van der Waals surface area contributed by atoms with Gasteiger partial charge in [-0.25, -0.2) is 12.8 Å². The molecule has 1 saturated heterocycles. The van der Waals surface area contributed by atoms with Gasteiger partial charge in [0, 0.05) is 16.5 Å². The Morgan fingerprint density at radius 1 is 1.09 bits per heavy atom. The average molecular weight is 493 g/mol. The van der Waals surface area contributed by atoms with Gasteiger partial charge in [0.15, 0.2) is 9.84 Å². The van der Waals surface area contributed by atoms with Crippen LogP contribution in [0.4, 0.5) is 9.39 Å². The Hall–Kier alpha value is -2.26. The first kappa shape index (κ1) is 23.9. The number of nitrogens with one attached hydrogen (secondary N) is 2. The van der Waals surface area contributed by atoms with Crippen LogP contribution in [0.1, 0.15) is 64.8 Å². The summed E-state index contributed by atoms with van der Waals surface area (Å²) in [5.74, 6) is -0.731. The molecular formula is C24H29FN2O4S2. The van der Waals surface area contributed by atoms with Crippen LogP contribution in [0, 0.1) is 17.2 Å². The first-order valence-corrected chi connectivity index (χ1v) is 13.8. The topological polar surface area (TPSA) is 92.3 Å². The van der Waals surface area contributed by atoms with Crippen molar-refractivity contribution in [1.29, 1.82) is 0 Å².